The molecule has 2 rings (SSSR count). The van der Waals surface area contributed by atoms with E-state index in [2.05, 4.69) is 6.58 Å². The zero-order valence-electron chi connectivity index (χ0n) is 13.9. The van der Waals surface area contributed by atoms with Crippen molar-refractivity contribution in [2.24, 2.45) is 5.92 Å². The smallest absolute Gasteiger partial charge is 0.384 e. The second-order valence-electron chi connectivity index (χ2n) is 6.26. The molecule has 1 amide bonds. The third-order valence-electron chi connectivity index (χ3n) is 4.47. The van der Waals surface area contributed by atoms with Crippen LogP contribution in [-0.4, -0.2) is 30.6 Å². The van der Waals surface area contributed by atoms with Crippen LogP contribution in [0.2, 0.25) is 0 Å². The molecule has 1 aliphatic carbocycles. The van der Waals surface area contributed by atoms with E-state index in [4.69, 9.17) is 4.74 Å². The molecule has 1 fully saturated rings. The highest BCUT2D eigenvalue weighted by molar-refractivity contribution is 5.87. The summed E-state index contributed by atoms with van der Waals surface area (Å²) in [5.74, 6) is 0.133. The van der Waals surface area contributed by atoms with Crippen molar-refractivity contribution in [3.05, 3.63) is 47.5 Å². The summed E-state index contributed by atoms with van der Waals surface area (Å²) < 4.78 is 44.3. The number of aryl methyl sites for hydroxylation is 1. The van der Waals surface area contributed by atoms with Crippen molar-refractivity contribution in [1.82, 2.24) is 4.90 Å². The van der Waals surface area contributed by atoms with Crippen LogP contribution in [0.4, 0.5) is 13.2 Å². The number of hydrogen-bond donors (Lipinski definition) is 0. The molecule has 0 N–H and O–H groups in total. The zero-order chi connectivity index (χ0) is 17.9. The largest absolute Gasteiger partial charge is 0.416 e. The van der Waals surface area contributed by atoms with Gasteiger partial charge in [-0.3, -0.25) is 4.79 Å². The molecule has 1 aromatic rings. The predicted octanol–water partition coefficient (Wildman–Crippen LogP) is 3.95. The van der Waals surface area contributed by atoms with Crippen molar-refractivity contribution in [2.45, 2.75) is 38.5 Å². The van der Waals surface area contributed by atoms with Gasteiger partial charge >= 0.3 is 6.18 Å². The molecular formula is C18H22F3NO2. The Bertz CT molecular complexity index is 607. The van der Waals surface area contributed by atoms with Gasteiger partial charge in [-0.25, -0.2) is 0 Å². The topological polar surface area (TPSA) is 29.5 Å². The minimum Gasteiger partial charge on any atom is -0.384 e. The Morgan fingerprint density at radius 1 is 1.42 bits per heavy atom. The first-order valence-corrected chi connectivity index (χ1v) is 7.85. The fourth-order valence-electron chi connectivity index (χ4n) is 3.10. The van der Waals surface area contributed by atoms with Gasteiger partial charge in [0.25, 0.3) is 0 Å². The van der Waals surface area contributed by atoms with E-state index in [9.17, 15) is 18.0 Å². The summed E-state index contributed by atoms with van der Waals surface area (Å²) in [4.78, 5) is 13.7. The number of rotatable bonds is 6. The van der Waals surface area contributed by atoms with Gasteiger partial charge in [-0.1, -0.05) is 18.7 Å². The number of benzene rings is 1. The number of nitrogens with zero attached hydrogens (tertiary/aromatic N) is 1. The fraction of sp³-hybridized carbons (Fsp3) is 0.500. The quantitative estimate of drug-likeness (QED) is 0.733. The Labute approximate surface area is 140 Å². The van der Waals surface area contributed by atoms with Crippen LogP contribution in [0, 0.1) is 12.8 Å². The molecule has 132 valence electrons. The normalized spacial score (nSPS) is 20.4. The number of ether oxygens (including phenoxy) is 1. The molecule has 1 saturated carbocycles. The maximum atomic E-state index is 13.1. The van der Waals surface area contributed by atoms with Crippen LogP contribution in [0.25, 0.3) is 0 Å². The Balaban J connectivity index is 2.16. The number of carbonyl (C=O) groups is 1. The van der Waals surface area contributed by atoms with Gasteiger partial charge in [0.15, 0.2) is 0 Å². The summed E-state index contributed by atoms with van der Waals surface area (Å²) in [5, 5.41) is 0. The lowest BCUT2D eigenvalue weighted by atomic mass is 9.79. The lowest BCUT2D eigenvalue weighted by molar-refractivity contribution is -0.138. The second kappa shape index (κ2) is 7.38. The fourth-order valence-corrected chi connectivity index (χ4v) is 3.10. The van der Waals surface area contributed by atoms with Gasteiger partial charge in [0.05, 0.1) is 5.56 Å². The number of methoxy groups -OCH3 is 1. The lowest BCUT2D eigenvalue weighted by Gasteiger charge is -2.42. The zero-order valence-corrected chi connectivity index (χ0v) is 13.9. The van der Waals surface area contributed by atoms with Crippen molar-refractivity contribution < 1.29 is 22.7 Å². The van der Waals surface area contributed by atoms with E-state index in [-0.39, 0.29) is 24.1 Å². The van der Waals surface area contributed by atoms with Crippen molar-refractivity contribution in [3.8, 4) is 0 Å². The summed E-state index contributed by atoms with van der Waals surface area (Å²) in [6.45, 7) is 5.71. The summed E-state index contributed by atoms with van der Waals surface area (Å²) >= 11 is 0. The Hall–Kier alpha value is -1.82. The number of halogens is 3. The first-order valence-electron chi connectivity index (χ1n) is 7.85. The van der Waals surface area contributed by atoms with Crippen molar-refractivity contribution >= 4 is 5.91 Å². The van der Waals surface area contributed by atoms with Crippen molar-refractivity contribution in [1.29, 1.82) is 0 Å². The average molecular weight is 341 g/mol. The van der Waals surface area contributed by atoms with Gasteiger partial charge in [0.1, 0.15) is 0 Å². The third kappa shape index (κ3) is 4.17. The minimum absolute atomic E-state index is 0.0197. The molecule has 0 radical (unpaired) electrons. The molecule has 0 aliphatic heterocycles. The molecule has 0 heterocycles. The van der Waals surface area contributed by atoms with Gasteiger partial charge in [-0.05, 0) is 49.0 Å². The van der Waals surface area contributed by atoms with Gasteiger partial charge < -0.3 is 9.64 Å². The first kappa shape index (κ1) is 18.5. The molecule has 3 nitrogen and oxygen atoms in total. The van der Waals surface area contributed by atoms with Gasteiger partial charge in [-0.15, -0.1) is 0 Å². The van der Waals surface area contributed by atoms with Gasteiger partial charge in [0.2, 0.25) is 5.91 Å². The summed E-state index contributed by atoms with van der Waals surface area (Å²) in [7, 11) is 1.63. The molecule has 1 aliphatic rings. The van der Waals surface area contributed by atoms with Crippen LogP contribution in [-0.2, 0) is 22.3 Å². The van der Waals surface area contributed by atoms with Crippen molar-refractivity contribution in [2.75, 3.05) is 13.7 Å². The van der Waals surface area contributed by atoms with E-state index < -0.39 is 11.7 Å². The average Bonchev–Trinajstić information content (AvgIpc) is 2.48. The van der Waals surface area contributed by atoms with E-state index in [1.807, 2.05) is 0 Å². The number of hydrogen-bond acceptors (Lipinski definition) is 2. The highest BCUT2D eigenvalue weighted by Gasteiger charge is 2.36. The molecule has 0 atom stereocenters. The molecule has 0 unspecified atom stereocenters. The Kier molecular flexibility index (Phi) is 5.70. The molecule has 0 saturated heterocycles. The Morgan fingerprint density at radius 3 is 2.62 bits per heavy atom. The van der Waals surface area contributed by atoms with E-state index in [1.54, 1.807) is 18.1 Å². The molecular weight excluding hydrogens is 319 g/mol. The van der Waals surface area contributed by atoms with E-state index in [0.717, 1.165) is 18.9 Å². The van der Waals surface area contributed by atoms with Crippen LogP contribution in [0.15, 0.2) is 30.9 Å². The number of alkyl halides is 3. The van der Waals surface area contributed by atoms with Gasteiger partial charge in [-0.2, -0.15) is 13.2 Å². The van der Waals surface area contributed by atoms with Crippen LogP contribution in [0.5, 0.6) is 0 Å². The summed E-state index contributed by atoms with van der Waals surface area (Å²) in [5.41, 5.74) is -0.00756. The summed E-state index contributed by atoms with van der Waals surface area (Å²) in [6, 6.07) is 4.23. The number of amides is 1. The van der Waals surface area contributed by atoms with Crippen LogP contribution < -0.4 is 0 Å². The third-order valence-corrected chi connectivity index (χ3v) is 4.47. The van der Waals surface area contributed by atoms with Crippen molar-refractivity contribution in [3.63, 3.8) is 0 Å². The SMILES string of the molecule is C=CC(=O)N(Cc1ccc(C)c(C(F)(F)F)c1)C1CC(COC)C1. The highest BCUT2D eigenvalue weighted by atomic mass is 19.4. The standard InChI is InChI=1S/C18H22F3NO2/c1-4-17(23)22(15-7-14(8-15)11-24-3)10-13-6-5-12(2)16(9-13)18(19,20)21/h4-6,9,14-15H,1,7-8,10-11H2,2-3H3. The monoisotopic (exact) mass is 341 g/mol. The second-order valence-corrected chi connectivity index (χ2v) is 6.26. The maximum absolute atomic E-state index is 13.1. The molecule has 1 aromatic carbocycles. The summed E-state index contributed by atoms with van der Waals surface area (Å²) in [6.07, 6.45) is -1.59. The Morgan fingerprint density at radius 2 is 2.08 bits per heavy atom. The van der Waals surface area contributed by atoms with E-state index in [1.165, 1.54) is 19.1 Å². The van der Waals surface area contributed by atoms with Crippen LogP contribution >= 0.6 is 0 Å². The van der Waals surface area contributed by atoms with E-state index >= 15 is 0 Å². The minimum atomic E-state index is -4.40. The van der Waals surface area contributed by atoms with Crippen LogP contribution in [0.1, 0.15) is 29.5 Å². The van der Waals surface area contributed by atoms with E-state index in [0.29, 0.717) is 18.1 Å². The molecule has 0 spiro atoms. The maximum Gasteiger partial charge on any atom is 0.416 e. The first-order chi connectivity index (χ1) is 11.3. The lowest BCUT2D eigenvalue weighted by Crippen LogP contribution is -2.47. The predicted molar refractivity (Wildman–Crippen MR) is 85.3 cm³/mol. The van der Waals surface area contributed by atoms with Gasteiger partial charge in [0, 0.05) is 26.3 Å². The van der Waals surface area contributed by atoms with Crippen LogP contribution in [0.3, 0.4) is 0 Å². The number of carbonyl (C=O) groups excluding carboxylic acids is 1. The highest BCUT2D eigenvalue weighted by Crippen LogP contribution is 2.35. The molecule has 24 heavy (non-hydrogen) atoms. The molecule has 0 bridgehead atoms. The molecule has 0 aromatic heterocycles. The molecule has 6 heteroatoms.